The quantitative estimate of drug-likeness (QED) is 0.881. The molecule has 5 nitrogen and oxygen atoms in total. The molecule has 0 spiro atoms. The van der Waals surface area contributed by atoms with Crippen LogP contribution < -0.4 is 5.32 Å². The van der Waals surface area contributed by atoms with E-state index in [-0.39, 0.29) is 6.03 Å². The van der Waals surface area contributed by atoms with Gasteiger partial charge in [-0.15, -0.1) is 11.3 Å². The highest BCUT2D eigenvalue weighted by atomic mass is 32.1. The summed E-state index contributed by atoms with van der Waals surface area (Å²) in [7, 11) is 0. The van der Waals surface area contributed by atoms with Crippen LogP contribution in [0.5, 0.6) is 0 Å². The summed E-state index contributed by atoms with van der Waals surface area (Å²) >= 11 is 1.43. The minimum Gasteiger partial charge on any atom is -0.478 e. The Morgan fingerprint density at radius 3 is 2.67 bits per heavy atom. The molecule has 2 heterocycles. The second kappa shape index (κ2) is 5.67. The third-order valence-corrected chi connectivity index (χ3v) is 5.63. The van der Waals surface area contributed by atoms with Gasteiger partial charge in [0.25, 0.3) is 0 Å². The molecule has 1 fully saturated rings. The summed E-state index contributed by atoms with van der Waals surface area (Å²) in [4.78, 5) is 26.7. The molecule has 21 heavy (non-hydrogen) atoms. The number of hydrogen-bond donors (Lipinski definition) is 2. The summed E-state index contributed by atoms with van der Waals surface area (Å²) in [6.45, 7) is 3.70. The summed E-state index contributed by atoms with van der Waals surface area (Å²) in [5, 5.41) is 12.8. The molecule has 1 aliphatic heterocycles. The summed E-state index contributed by atoms with van der Waals surface area (Å²) in [5.74, 6) is -0.272. The molecular weight excluding hydrogens is 288 g/mol. The van der Waals surface area contributed by atoms with Crippen LogP contribution >= 0.6 is 11.3 Å². The van der Waals surface area contributed by atoms with Gasteiger partial charge in [-0.3, -0.25) is 5.32 Å². The maximum Gasteiger partial charge on any atom is 0.339 e. The molecule has 2 N–H and O–H groups in total. The van der Waals surface area contributed by atoms with Crippen molar-refractivity contribution in [1.82, 2.24) is 4.90 Å². The van der Waals surface area contributed by atoms with Crippen molar-refractivity contribution in [2.45, 2.75) is 39.0 Å². The Kier molecular flexibility index (Phi) is 3.89. The molecule has 3 rings (SSSR count). The van der Waals surface area contributed by atoms with Crippen LogP contribution in [0, 0.1) is 5.92 Å². The largest absolute Gasteiger partial charge is 0.478 e. The summed E-state index contributed by atoms with van der Waals surface area (Å²) in [6.07, 6.45) is 4.78. The van der Waals surface area contributed by atoms with Crippen molar-refractivity contribution in [2.75, 3.05) is 18.4 Å². The smallest absolute Gasteiger partial charge is 0.339 e. The Bertz CT molecular complexity index is 574. The van der Waals surface area contributed by atoms with Crippen molar-refractivity contribution in [3.05, 3.63) is 16.0 Å². The number of hydrogen-bond acceptors (Lipinski definition) is 3. The highest BCUT2D eigenvalue weighted by Gasteiger charge is 2.28. The van der Waals surface area contributed by atoms with E-state index in [4.69, 9.17) is 0 Å². The average molecular weight is 308 g/mol. The van der Waals surface area contributed by atoms with Crippen LogP contribution in [-0.2, 0) is 12.8 Å². The molecule has 1 aliphatic carbocycles. The number of nitrogens with one attached hydrogen (secondary N) is 1. The number of nitrogens with zero attached hydrogens (tertiary/aromatic N) is 1. The number of aromatic carboxylic acids is 1. The fourth-order valence-electron chi connectivity index (χ4n) is 3.11. The number of rotatable bonds is 2. The Morgan fingerprint density at radius 1 is 1.29 bits per heavy atom. The van der Waals surface area contributed by atoms with Crippen molar-refractivity contribution in [3.8, 4) is 0 Å². The van der Waals surface area contributed by atoms with E-state index in [9.17, 15) is 14.7 Å². The van der Waals surface area contributed by atoms with Gasteiger partial charge in [-0.05, 0) is 43.6 Å². The topological polar surface area (TPSA) is 69.6 Å². The van der Waals surface area contributed by atoms with Crippen LogP contribution in [0.25, 0.3) is 0 Å². The molecule has 1 saturated heterocycles. The molecule has 1 aromatic heterocycles. The van der Waals surface area contributed by atoms with E-state index in [2.05, 4.69) is 12.2 Å². The molecule has 0 aromatic carbocycles. The molecule has 6 heteroatoms. The lowest BCUT2D eigenvalue weighted by Crippen LogP contribution is -2.40. The highest BCUT2D eigenvalue weighted by Crippen LogP contribution is 2.39. The number of carbonyl (C=O) groups excluding carboxylic acids is 1. The van der Waals surface area contributed by atoms with Gasteiger partial charge in [0.2, 0.25) is 0 Å². The van der Waals surface area contributed by atoms with E-state index in [0.29, 0.717) is 16.5 Å². The summed E-state index contributed by atoms with van der Waals surface area (Å²) in [5.41, 5.74) is 1.24. The molecule has 0 bridgehead atoms. The van der Waals surface area contributed by atoms with Gasteiger partial charge in [0.1, 0.15) is 5.00 Å². The fourth-order valence-corrected chi connectivity index (χ4v) is 4.38. The summed E-state index contributed by atoms with van der Waals surface area (Å²) < 4.78 is 0. The normalized spacial score (nSPS) is 18.6. The highest BCUT2D eigenvalue weighted by molar-refractivity contribution is 7.17. The van der Waals surface area contributed by atoms with Crippen LogP contribution in [0.4, 0.5) is 9.80 Å². The number of piperidine rings is 1. The van der Waals surface area contributed by atoms with Crippen LogP contribution in [0.15, 0.2) is 0 Å². The van der Waals surface area contributed by atoms with E-state index >= 15 is 0 Å². The first kappa shape index (κ1) is 14.4. The van der Waals surface area contributed by atoms with E-state index in [0.717, 1.165) is 55.6 Å². The number of aryl methyl sites for hydroxylation is 1. The van der Waals surface area contributed by atoms with Gasteiger partial charge in [0.15, 0.2) is 0 Å². The van der Waals surface area contributed by atoms with Crippen LogP contribution in [0.2, 0.25) is 0 Å². The first-order chi connectivity index (χ1) is 10.1. The van der Waals surface area contributed by atoms with Crippen molar-refractivity contribution >= 4 is 28.3 Å². The lowest BCUT2D eigenvalue weighted by Gasteiger charge is -2.30. The van der Waals surface area contributed by atoms with Gasteiger partial charge in [-0.2, -0.15) is 0 Å². The second-order valence-corrected chi connectivity index (χ2v) is 7.07. The van der Waals surface area contributed by atoms with E-state index < -0.39 is 5.97 Å². The maximum absolute atomic E-state index is 12.3. The number of thiophene rings is 1. The number of carbonyl (C=O) groups is 2. The Balaban J connectivity index is 1.76. The van der Waals surface area contributed by atoms with Crippen molar-refractivity contribution in [3.63, 3.8) is 0 Å². The standard InChI is InChI=1S/C15H20N2O3S/c1-9-5-7-17(8-6-9)15(20)16-13-12(14(18)19)10-3-2-4-11(10)21-13/h9H,2-8H2,1H3,(H,16,20)(H,18,19). The van der Waals surface area contributed by atoms with Gasteiger partial charge in [0, 0.05) is 18.0 Å². The lowest BCUT2D eigenvalue weighted by molar-refractivity contribution is 0.0697. The SMILES string of the molecule is CC1CCN(C(=O)Nc2sc3c(c2C(=O)O)CCC3)CC1. The molecular formula is C15H20N2O3S. The number of urea groups is 1. The lowest BCUT2D eigenvalue weighted by atomic mass is 10.00. The van der Waals surface area contributed by atoms with E-state index in [1.165, 1.54) is 11.3 Å². The third kappa shape index (κ3) is 2.77. The second-order valence-electron chi connectivity index (χ2n) is 5.97. The monoisotopic (exact) mass is 308 g/mol. The number of fused-ring (bicyclic) bond motifs is 1. The zero-order chi connectivity index (χ0) is 15.0. The Labute approximate surface area is 128 Å². The summed E-state index contributed by atoms with van der Waals surface area (Å²) in [6, 6.07) is -0.163. The van der Waals surface area contributed by atoms with E-state index in [1.807, 2.05) is 0 Å². The Hall–Kier alpha value is -1.56. The molecule has 0 radical (unpaired) electrons. The van der Waals surface area contributed by atoms with Gasteiger partial charge in [0.05, 0.1) is 5.56 Å². The molecule has 2 aliphatic rings. The molecule has 1 aromatic rings. The zero-order valence-corrected chi connectivity index (χ0v) is 13.0. The molecule has 0 atom stereocenters. The van der Waals surface area contributed by atoms with Crippen molar-refractivity contribution in [1.29, 1.82) is 0 Å². The predicted octanol–water partition coefficient (Wildman–Crippen LogP) is 3.20. The molecule has 0 unspecified atom stereocenters. The molecule has 0 saturated carbocycles. The number of carboxylic acid groups (broad SMARTS) is 1. The maximum atomic E-state index is 12.3. The fraction of sp³-hybridized carbons (Fsp3) is 0.600. The minimum absolute atomic E-state index is 0.163. The van der Waals surface area contributed by atoms with E-state index in [1.54, 1.807) is 4.90 Å². The van der Waals surface area contributed by atoms with Gasteiger partial charge in [-0.25, -0.2) is 9.59 Å². The number of likely N-dealkylation sites (tertiary alicyclic amines) is 1. The molecule has 2 amide bonds. The first-order valence-corrected chi connectivity index (χ1v) is 8.31. The number of amides is 2. The van der Waals surface area contributed by atoms with Crippen molar-refractivity contribution < 1.29 is 14.7 Å². The van der Waals surface area contributed by atoms with Crippen LogP contribution in [0.3, 0.4) is 0 Å². The van der Waals surface area contributed by atoms with Crippen molar-refractivity contribution in [2.24, 2.45) is 5.92 Å². The first-order valence-electron chi connectivity index (χ1n) is 7.50. The Morgan fingerprint density at radius 2 is 2.00 bits per heavy atom. The zero-order valence-electron chi connectivity index (χ0n) is 12.1. The average Bonchev–Trinajstić information content (AvgIpc) is 2.98. The van der Waals surface area contributed by atoms with Crippen LogP contribution in [-0.4, -0.2) is 35.1 Å². The predicted molar refractivity (Wildman–Crippen MR) is 82.3 cm³/mol. The van der Waals surface area contributed by atoms with Gasteiger partial charge in [-0.1, -0.05) is 6.92 Å². The third-order valence-electron chi connectivity index (χ3n) is 4.43. The van der Waals surface area contributed by atoms with Gasteiger partial charge >= 0.3 is 12.0 Å². The minimum atomic E-state index is -0.933. The number of anilines is 1. The van der Waals surface area contributed by atoms with Crippen LogP contribution in [0.1, 0.15) is 47.0 Å². The molecule has 114 valence electrons. The van der Waals surface area contributed by atoms with Gasteiger partial charge < -0.3 is 10.0 Å². The number of carboxylic acids is 1.